The number of nitrogens with zero attached hydrogens (tertiary/aromatic N) is 1. The molecule has 0 saturated carbocycles. The van der Waals surface area contributed by atoms with E-state index in [0.717, 1.165) is 77.0 Å². The number of quaternary nitrogens is 1. The third-order valence-electron chi connectivity index (χ3n) is 17.6. The van der Waals surface area contributed by atoms with E-state index in [1.54, 1.807) is 0 Å². The SMILES string of the molecule is CC/C=C\C/C=C\C/C=C\C/C=C\C/C=C\C/C=C\CCCCCCCCCCCCCCCCCCCCCCCCC(=O)OC(COC(=O)CCCCCCCCCCCCCCCCCCC/C=C\C/C=C\CCCCCCC)COP(=O)(O)OCC[N+](C)(C)C. The summed E-state index contributed by atoms with van der Waals surface area (Å²) in [6.45, 7) is 4.36. The monoisotopic (exact) mass is 1340 g/mol. The highest BCUT2D eigenvalue weighted by molar-refractivity contribution is 7.47. The third-order valence-corrected chi connectivity index (χ3v) is 18.6. The average Bonchev–Trinajstić information content (AvgIpc) is 1.57. The number of allylic oxidation sites excluding steroid dienone is 16. The van der Waals surface area contributed by atoms with Crippen LogP contribution in [-0.4, -0.2) is 74.9 Å². The Morgan fingerprint density at radius 2 is 0.606 bits per heavy atom. The zero-order chi connectivity index (χ0) is 68.3. The van der Waals surface area contributed by atoms with E-state index in [0.29, 0.717) is 23.9 Å². The molecule has 9 nitrogen and oxygen atoms in total. The van der Waals surface area contributed by atoms with Gasteiger partial charge in [-0.25, -0.2) is 4.57 Å². The molecule has 94 heavy (non-hydrogen) atoms. The molecule has 10 heteroatoms. The number of carbonyl (C=O) groups excluding carboxylic acids is 2. The lowest BCUT2D eigenvalue weighted by Crippen LogP contribution is -2.37. The number of carbonyl (C=O) groups is 2. The maximum absolute atomic E-state index is 12.9. The summed E-state index contributed by atoms with van der Waals surface area (Å²) in [6, 6.07) is 0. The Morgan fingerprint density at radius 1 is 0.340 bits per heavy atom. The lowest BCUT2D eigenvalue weighted by molar-refractivity contribution is -0.870. The van der Waals surface area contributed by atoms with Gasteiger partial charge in [0.05, 0.1) is 27.7 Å². The van der Waals surface area contributed by atoms with Crippen LogP contribution in [0, 0.1) is 0 Å². The van der Waals surface area contributed by atoms with Crippen LogP contribution in [0.25, 0.3) is 0 Å². The topological polar surface area (TPSA) is 108 Å². The van der Waals surface area contributed by atoms with E-state index in [9.17, 15) is 19.0 Å². The van der Waals surface area contributed by atoms with Gasteiger partial charge in [-0.2, -0.15) is 0 Å². The first-order valence-electron chi connectivity index (χ1n) is 40.0. The van der Waals surface area contributed by atoms with Gasteiger partial charge in [-0.3, -0.25) is 18.6 Å². The van der Waals surface area contributed by atoms with Gasteiger partial charge in [0, 0.05) is 12.8 Å². The number of ether oxygens (including phenoxy) is 2. The van der Waals surface area contributed by atoms with Crippen molar-refractivity contribution in [2.75, 3.05) is 47.5 Å². The van der Waals surface area contributed by atoms with Crippen molar-refractivity contribution in [3.05, 3.63) is 97.2 Å². The van der Waals surface area contributed by atoms with Crippen molar-refractivity contribution in [1.82, 2.24) is 0 Å². The Kier molecular flexibility index (Phi) is 71.7. The summed E-state index contributed by atoms with van der Waals surface area (Å²) in [4.78, 5) is 36.0. The van der Waals surface area contributed by atoms with Crippen LogP contribution in [0.15, 0.2) is 97.2 Å². The number of likely N-dealkylation sites (N-methyl/N-ethyl adjacent to an activating group) is 1. The first-order chi connectivity index (χ1) is 46.0. The van der Waals surface area contributed by atoms with Crippen molar-refractivity contribution in [3.8, 4) is 0 Å². The highest BCUT2D eigenvalue weighted by Gasteiger charge is 2.27. The predicted molar refractivity (Wildman–Crippen MR) is 408 cm³/mol. The molecule has 2 atom stereocenters. The minimum atomic E-state index is -4.40. The van der Waals surface area contributed by atoms with Gasteiger partial charge < -0.3 is 18.9 Å². The minimum Gasteiger partial charge on any atom is -0.462 e. The maximum atomic E-state index is 12.9. The summed E-state index contributed by atoms with van der Waals surface area (Å²) in [6.07, 6.45) is 104. The molecule has 0 aromatic heterocycles. The van der Waals surface area contributed by atoms with E-state index < -0.39 is 26.5 Å². The van der Waals surface area contributed by atoms with Gasteiger partial charge >= 0.3 is 19.8 Å². The van der Waals surface area contributed by atoms with Crippen molar-refractivity contribution >= 4 is 19.8 Å². The van der Waals surface area contributed by atoms with Crippen LogP contribution in [0.2, 0.25) is 0 Å². The summed E-state index contributed by atoms with van der Waals surface area (Å²) < 4.78 is 34.8. The zero-order valence-corrected chi connectivity index (χ0v) is 63.3. The molecule has 546 valence electrons. The second-order valence-electron chi connectivity index (χ2n) is 28.1. The van der Waals surface area contributed by atoms with Crippen LogP contribution in [0.1, 0.15) is 373 Å². The number of unbranched alkanes of at least 4 members (excludes halogenated alkanes) is 44. The third kappa shape index (κ3) is 77.9. The van der Waals surface area contributed by atoms with Gasteiger partial charge in [-0.05, 0) is 96.3 Å². The molecule has 0 bridgehead atoms. The molecule has 0 aromatic carbocycles. The number of rotatable bonds is 74. The molecule has 0 aromatic rings. The molecule has 0 amide bonds. The van der Waals surface area contributed by atoms with Gasteiger partial charge in [0.2, 0.25) is 0 Å². The van der Waals surface area contributed by atoms with Crippen molar-refractivity contribution in [1.29, 1.82) is 0 Å². The van der Waals surface area contributed by atoms with E-state index in [-0.39, 0.29) is 25.6 Å². The molecule has 0 spiro atoms. The second-order valence-corrected chi connectivity index (χ2v) is 29.5. The molecule has 0 aliphatic heterocycles. The van der Waals surface area contributed by atoms with Gasteiger partial charge in [0.25, 0.3) is 0 Å². The standard InChI is InChI=1S/C84H152NO8P/c1-6-8-10-12-14-16-18-20-22-24-26-28-30-32-34-36-37-38-39-40-41-42-43-44-45-46-47-49-51-53-55-57-59-61-63-65-67-69-71-73-75-77-84(87)93-82(81-92-94(88,89)91-79-78-85(3,4)5)80-90-83(86)76-74-72-70-68-66-64-62-60-58-56-54-52-50-48-35-33-31-29-27-25-23-21-19-17-15-13-11-9-7-2/h8,10,14,16,19-22,25-28,32,34,37-38,82H,6-7,9,11-13,15,17-18,23-24,29-31,33,35-36,39-81H2,1-5H3/p+1/b10-8-,16-14-,21-19-,22-20-,27-25-,28-26-,34-32-,38-37-. The Morgan fingerprint density at radius 3 is 0.904 bits per heavy atom. The van der Waals surface area contributed by atoms with Crippen LogP contribution in [0.5, 0.6) is 0 Å². The normalized spacial score (nSPS) is 13.6. The van der Waals surface area contributed by atoms with Crippen LogP contribution < -0.4 is 0 Å². The van der Waals surface area contributed by atoms with Crippen LogP contribution in [-0.2, 0) is 32.7 Å². The lowest BCUT2D eigenvalue weighted by atomic mass is 10.0. The van der Waals surface area contributed by atoms with Gasteiger partial charge in [0.15, 0.2) is 6.10 Å². The molecule has 2 unspecified atom stereocenters. The molecular formula is C84H153NO8P+. The molecule has 1 N–H and O–H groups in total. The Bertz CT molecular complexity index is 1910. The fourth-order valence-electron chi connectivity index (χ4n) is 11.5. The van der Waals surface area contributed by atoms with Crippen LogP contribution in [0.3, 0.4) is 0 Å². The lowest BCUT2D eigenvalue weighted by Gasteiger charge is -2.24. The molecule has 0 fully saturated rings. The number of phosphoric acid groups is 1. The van der Waals surface area contributed by atoms with Crippen molar-refractivity contribution < 1.29 is 42.1 Å². The number of hydrogen-bond donors (Lipinski definition) is 1. The summed E-state index contributed by atoms with van der Waals surface area (Å²) >= 11 is 0. The van der Waals surface area contributed by atoms with E-state index in [2.05, 4.69) is 111 Å². The predicted octanol–water partition coefficient (Wildman–Crippen LogP) is 26.6. The summed E-state index contributed by atoms with van der Waals surface area (Å²) in [5.74, 6) is -0.779. The maximum Gasteiger partial charge on any atom is 0.472 e. The fraction of sp³-hybridized carbons (Fsp3) is 0.786. The van der Waals surface area contributed by atoms with Crippen LogP contribution in [0.4, 0.5) is 0 Å². The molecule has 0 saturated heterocycles. The summed E-state index contributed by atoms with van der Waals surface area (Å²) in [5.41, 5.74) is 0. The van der Waals surface area contributed by atoms with E-state index in [1.807, 2.05) is 21.1 Å². The highest BCUT2D eigenvalue weighted by Crippen LogP contribution is 2.43. The van der Waals surface area contributed by atoms with Gasteiger partial charge in [0.1, 0.15) is 19.8 Å². The van der Waals surface area contributed by atoms with Crippen LogP contribution >= 0.6 is 7.82 Å². The number of hydrogen-bond acceptors (Lipinski definition) is 7. The average molecular weight is 1340 g/mol. The Balaban J connectivity index is 3.92. The van der Waals surface area contributed by atoms with Crippen molar-refractivity contribution in [2.45, 2.75) is 380 Å². The quantitative estimate of drug-likeness (QED) is 0.0211. The summed E-state index contributed by atoms with van der Waals surface area (Å²) in [5, 5.41) is 0. The van der Waals surface area contributed by atoms with E-state index in [4.69, 9.17) is 18.5 Å². The minimum absolute atomic E-state index is 0.0321. The smallest absolute Gasteiger partial charge is 0.462 e. The largest absolute Gasteiger partial charge is 0.472 e. The van der Waals surface area contributed by atoms with Crippen molar-refractivity contribution in [3.63, 3.8) is 0 Å². The Hall–Kier alpha value is -3.07. The zero-order valence-electron chi connectivity index (χ0n) is 62.4. The number of phosphoric ester groups is 1. The second kappa shape index (κ2) is 74.2. The molecule has 0 aliphatic rings. The van der Waals surface area contributed by atoms with Crippen molar-refractivity contribution in [2.24, 2.45) is 0 Å². The molecule has 0 rings (SSSR count). The summed E-state index contributed by atoms with van der Waals surface area (Å²) in [7, 11) is 1.49. The Labute approximate surface area is 583 Å². The molecule has 0 heterocycles. The molecule has 0 radical (unpaired) electrons. The van der Waals surface area contributed by atoms with E-state index in [1.165, 1.54) is 263 Å². The first kappa shape index (κ1) is 90.9. The van der Waals surface area contributed by atoms with Gasteiger partial charge in [-0.1, -0.05) is 361 Å². The first-order valence-corrected chi connectivity index (χ1v) is 41.5. The molecular weight excluding hydrogens is 1180 g/mol. The van der Waals surface area contributed by atoms with Gasteiger partial charge in [-0.15, -0.1) is 0 Å². The highest BCUT2D eigenvalue weighted by atomic mass is 31.2. The molecule has 0 aliphatic carbocycles. The fourth-order valence-corrected chi connectivity index (χ4v) is 12.3. The van der Waals surface area contributed by atoms with E-state index >= 15 is 0 Å². The number of esters is 2.